The summed E-state index contributed by atoms with van der Waals surface area (Å²) in [5, 5.41) is 3.28. The van der Waals surface area contributed by atoms with Gasteiger partial charge >= 0.3 is 0 Å². The van der Waals surface area contributed by atoms with Gasteiger partial charge in [0, 0.05) is 41.2 Å². The molecule has 2 amide bonds. The summed E-state index contributed by atoms with van der Waals surface area (Å²) in [5.74, 6) is -0.399. The predicted octanol–water partition coefficient (Wildman–Crippen LogP) is 4.45. The van der Waals surface area contributed by atoms with Crippen LogP contribution >= 0.6 is 27.5 Å². The molecule has 4 rings (SSSR count). The van der Waals surface area contributed by atoms with Crippen LogP contribution in [0.2, 0.25) is 5.02 Å². The minimum absolute atomic E-state index is 0.0411. The van der Waals surface area contributed by atoms with Crippen molar-refractivity contribution in [3.63, 3.8) is 0 Å². The first-order chi connectivity index (χ1) is 16.6. The normalized spacial score (nSPS) is 18.3. The van der Waals surface area contributed by atoms with Crippen molar-refractivity contribution in [2.24, 2.45) is 5.92 Å². The van der Waals surface area contributed by atoms with Crippen molar-refractivity contribution in [3.05, 3.63) is 45.4 Å². The Morgan fingerprint density at radius 1 is 1.23 bits per heavy atom. The third-order valence-corrected chi connectivity index (χ3v) is 9.48. The fraction of sp³-hybridized carbons (Fsp3) is 0.417. The molecule has 188 valence electrons. The van der Waals surface area contributed by atoms with Crippen molar-refractivity contribution in [2.45, 2.75) is 37.5 Å². The third kappa shape index (κ3) is 5.21. The van der Waals surface area contributed by atoms with E-state index in [0.29, 0.717) is 65.4 Å². The summed E-state index contributed by atoms with van der Waals surface area (Å²) in [4.78, 5) is 27.1. The molecule has 0 saturated carbocycles. The van der Waals surface area contributed by atoms with E-state index in [-0.39, 0.29) is 23.3 Å². The number of benzene rings is 2. The molecular formula is C24H27BrClN3O5S. The SMILES string of the molecule is CCC(=O)N1CCc2cc(Br)c(S(=O)(=O)N3CCCC(C(=O)Nc4cc(Cl)ccc4OC)C3)cc21. The van der Waals surface area contributed by atoms with E-state index in [1.807, 2.05) is 0 Å². The molecule has 35 heavy (non-hydrogen) atoms. The Balaban J connectivity index is 1.56. The molecule has 2 aliphatic rings. The number of carbonyl (C=O) groups is 2. The zero-order valence-electron chi connectivity index (χ0n) is 19.5. The molecular weight excluding hydrogens is 558 g/mol. The molecule has 2 aliphatic heterocycles. The maximum Gasteiger partial charge on any atom is 0.244 e. The number of hydrogen-bond donors (Lipinski definition) is 1. The molecule has 8 nitrogen and oxygen atoms in total. The Kier molecular flexibility index (Phi) is 7.75. The van der Waals surface area contributed by atoms with Crippen LogP contribution in [0.15, 0.2) is 39.7 Å². The molecule has 1 saturated heterocycles. The molecule has 0 spiro atoms. The Hall–Kier alpha value is -2.14. The van der Waals surface area contributed by atoms with Crippen LogP contribution in [0.4, 0.5) is 11.4 Å². The summed E-state index contributed by atoms with van der Waals surface area (Å²) < 4.78 is 34.4. The molecule has 1 unspecified atom stereocenters. The highest BCUT2D eigenvalue weighted by Crippen LogP contribution is 2.38. The fourth-order valence-corrected chi connectivity index (χ4v) is 7.33. The number of piperidine rings is 1. The lowest BCUT2D eigenvalue weighted by Gasteiger charge is -2.31. The molecule has 0 bridgehead atoms. The lowest BCUT2D eigenvalue weighted by Crippen LogP contribution is -2.43. The van der Waals surface area contributed by atoms with Crippen LogP contribution in [0.1, 0.15) is 31.7 Å². The minimum atomic E-state index is -3.91. The second-order valence-corrected chi connectivity index (χ2v) is 11.8. The largest absolute Gasteiger partial charge is 0.495 e. The number of nitrogens with one attached hydrogen (secondary N) is 1. The van der Waals surface area contributed by atoms with Crippen molar-refractivity contribution >= 4 is 60.7 Å². The molecule has 1 atom stereocenters. The summed E-state index contributed by atoms with van der Waals surface area (Å²) in [5.41, 5.74) is 2.01. The summed E-state index contributed by atoms with van der Waals surface area (Å²) in [6.45, 7) is 2.69. The average Bonchev–Trinajstić information content (AvgIpc) is 3.26. The van der Waals surface area contributed by atoms with Crippen LogP contribution < -0.4 is 15.0 Å². The highest BCUT2D eigenvalue weighted by atomic mass is 79.9. The molecule has 0 radical (unpaired) electrons. The molecule has 1 N–H and O–H groups in total. The van der Waals surface area contributed by atoms with Crippen molar-refractivity contribution in [1.29, 1.82) is 0 Å². The van der Waals surface area contributed by atoms with E-state index in [4.69, 9.17) is 16.3 Å². The highest BCUT2D eigenvalue weighted by Gasteiger charge is 2.36. The lowest BCUT2D eigenvalue weighted by atomic mass is 9.98. The number of nitrogens with zero attached hydrogens (tertiary/aromatic N) is 2. The number of hydrogen-bond acceptors (Lipinski definition) is 5. The molecule has 0 aromatic heterocycles. The zero-order valence-corrected chi connectivity index (χ0v) is 22.7. The van der Waals surface area contributed by atoms with Crippen molar-refractivity contribution in [3.8, 4) is 5.75 Å². The molecule has 2 aromatic carbocycles. The Morgan fingerprint density at radius 3 is 2.71 bits per heavy atom. The van der Waals surface area contributed by atoms with Gasteiger partial charge in [0.05, 0.1) is 23.6 Å². The number of ether oxygens (including phenoxy) is 1. The molecule has 11 heteroatoms. The van der Waals surface area contributed by atoms with E-state index in [0.717, 1.165) is 5.56 Å². The van der Waals surface area contributed by atoms with E-state index in [2.05, 4.69) is 21.2 Å². The number of rotatable bonds is 6. The summed E-state index contributed by atoms with van der Waals surface area (Å²) in [6.07, 6.45) is 2.13. The van der Waals surface area contributed by atoms with E-state index >= 15 is 0 Å². The fourth-order valence-electron chi connectivity index (χ4n) is 4.56. The van der Waals surface area contributed by atoms with E-state index < -0.39 is 15.9 Å². The van der Waals surface area contributed by atoms with Crippen LogP contribution in [-0.4, -0.2) is 51.3 Å². The monoisotopic (exact) mass is 583 g/mol. The number of anilines is 2. The Labute approximate surface area is 218 Å². The van der Waals surface area contributed by atoms with Crippen molar-refractivity contribution < 1.29 is 22.7 Å². The molecule has 2 heterocycles. The maximum absolute atomic E-state index is 13.6. The van der Waals surface area contributed by atoms with Crippen molar-refractivity contribution in [1.82, 2.24) is 4.31 Å². The van der Waals surface area contributed by atoms with Gasteiger partial charge in [-0.2, -0.15) is 4.31 Å². The third-order valence-electron chi connectivity index (χ3n) is 6.42. The minimum Gasteiger partial charge on any atom is -0.495 e. The van der Waals surface area contributed by atoms with Crippen LogP contribution in [0, 0.1) is 5.92 Å². The Bertz CT molecular complexity index is 1270. The summed E-state index contributed by atoms with van der Waals surface area (Å²) in [7, 11) is -2.41. The number of fused-ring (bicyclic) bond motifs is 1. The smallest absolute Gasteiger partial charge is 0.244 e. The van der Waals surface area contributed by atoms with E-state index in [9.17, 15) is 18.0 Å². The predicted molar refractivity (Wildman–Crippen MR) is 139 cm³/mol. The average molecular weight is 585 g/mol. The van der Waals surface area contributed by atoms with Gasteiger partial charge in [0.1, 0.15) is 5.75 Å². The van der Waals surface area contributed by atoms with Gasteiger partial charge in [-0.05, 0) is 71.1 Å². The molecule has 0 aliphatic carbocycles. The number of halogens is 2. The Morgan fingerprint density at radius 2 is 2.00 bits per heavy atom. The number of sulfonamides is 1. The van der Waals surface area contributed by atoms with Crippen molar-refractivity contribution in [2.75, 3.05) is 37.0 Å². The second kappa shape index (κ2) is 10.5. The first kappa shape index (κ1) is 25.9. The van der Waals surface area contributed by atoms with Gasteiger partial charge in [0.15, 0.2) is 0 Å². The summed E-state index contributed by atoms with van der Waals surface area (Å²) in [6, 6.07) is 8.28. The van der Waals surface area contributed by atoms with E-state index in [1.165, 1.54) is 11.4 Å². The second-order valence-electron chi connectivity index (χ2n) is 8.60. The highest BCUT2D eigenvalue weighted by molar-refractivity contribution is 9.10. The number of amides is 2. The van der Waals surface area contributed by atoms with Gasteiger partial charge < -0.3 is 15.0 Å². The number of methoxy groups -OCH3 is 1. The first-order valence-corrected chi connectivity index (χ1v) is 14.0. The number of carbonyl (C=O) groups excluding carboxylic acids is 2. The van der Waals surface area contributed by atoms with Crippen LogP contribution in [0.5, 0.6) is 5.75 Å². The topological polar surface area (TPSA) is 96.0 Å². The van der Waals surface area contributed by atoms with Gasteiger partial charge in [0.25, 0.3) is 0 Å². The standard InChI is InChI=1S/C24H27BrClN3O5S/c1-3-23(30)29-10-8-15-11-18(25)22(13-20(15)29)35(32,33)28-9-4-5-16(14-28)24(31)27-19-12-17(26)6-7-21(19)34-2/h6-7,11-13,16H,3-5,8-10,14H2,1-2H3,(H,27,31). The summed E-state index contributed by atoms with van der Waals surface area (Å²) >= 11 is 9.49. The van der Waals surface area contributed by atoms with Gasteiger partial charge in [-0.15, -0.1) is 0 Å². The molecule has 1 fully saturated rings. The van der Waals surface area contributed by atoms with Crippen LogP contribution in [0.3, 0.4) is 0 Å². The lowest BCUT2D eigenvalue weighted by molar-refractivity contribution is -0.121. The van der Waals surface area contributed by atoms with Gasteiger partial charge in [-0.25, -0.2) is 8.42 Å². The zero-order chi connectivity index (χ0) is 25.3. The van der Waals surface area contributed by atoms with Gasteiger partial charge in [-0.3, -0.25) is 9.59 Å². The first-order valence-electron chi connectivity index (χ1n) is 11.4. The maximum atomic E-state index is 13.6. The van der Waals surface area contributed by atoms with Crippen LogP contribution in [-0.2, 0) is 26.0 Å². The quantitative estimate of drug-likeness (QED) is 0.541. The van der Waals surface area contributed by atoms with E-state index in [1.54, 1.807) is 42.2 Å². The van der Waals surface area contributed by atoms with Gasteiger partial charge in [-0.1, -0.05) is 18.5 Å². The molecule has 2 aromatic rings. The van der Waals surface area contributed by atoms with Crippen LogP contribution in [0.25, 0.3) is 0 Å². The van der Waals surface area contributed by atoms with Gasteiger partial charge in [0.2, 0.25) is 21.8 Å².